The predicted octanol–water partition coefficient (Wildman–Crippen LogP) is 3.00. The van der Waals surface area contributed by atoms with Crippen LogP contribution < -0.4 is 5.32 Å². The number of rotatable bonds is 13. The summed E-state index contributed by atoms with van der Waals surface area (Å²) in [5, 5.41) is 3.37. The lowest BCUT2D eigenvalue weighted by Crippen LogP contribution is -2.34. The van der Waals surface area contributed by atoms with Crippen molar-refractivity contribution in [3.8, 4) is 0 Å². The number of nitrogens with one attached hydrogen (secondary N) is 1. The number of pyridine rings is 1. The van der Waals surface area contributed by atoms with E-state index in [-0.39, 0.29) is 12.6 Å². The molecule has 0 radical (unpaired) electrons. The van der Waals surface area contributed by atoms with E-state index in [0.717, 1.165) is 50.3 Å². The van der Waals surface area contributed by atoms with Crippen LogP contribution in [0.2, 0.25) is 0 Å². The number of anilines is 1. The third kappa shape index (κ3) is 8.10. The molecule has 158 valence electrons. The molecule has 1 aliphatic heterocycles. The Morgan fingerprint density at radius 3 is 2.89 bits per heavy atom. The van der Waals surface area contributed by atoms with Gasteiger partial charge in [0.15, 0.2) is 0 Å². The highest BCUT2D eigenvalue weighted by Gasteiger charge is 2.14. The van der Waals surface area contributed by atoms with Gasteiger partial charge in [-0.2, -0.15) is 0 Å². The number of carbonyl (C=O) groups is 1. The zero-order valence-electron chi connectivity index (χ0n) is 17.2. The molecule has 0 aliphatic carbocycles. The highest BCUT2D eigenvalue weighted by atomic mass is 19.1. The van der Waals surface area contributed by atoms with Crippen molar-refractivity contribution in [3.63, 3.8) is 0 Å². The zero-order chi connectivity index (χ0) is 20.2. The molecule has 0 fully saturated rings. The maximum Gasteiger partial charge on any atom is 0.305 e. The van der Waals surface area contributed by atoms with Crippen molar-refractivity contribution in [2.24, 2.45) is 0 Å². The monoisotopic (exact) mass is 395 g/mol. The van der Waals surface area contributed by atoms with E-state index in [9.17, 15) is 9.18 Å². The minimum atomic E-state index is -1.02. The number of ether oxygens (including phenoxy) is 2. The first-order valence-corrected chi connectivity index (χ1v) is 10.3. The van der Waals surface area contributed by atoms with Gasteiger partial charge in [0.1, 0.15) is 12.0 Å². The van der Waals surface area contributed by atoms with Gasteiger partial charge in [0.2, 0.25) is 0 Å². The first-order valence-electron chi connectivity index (χ1n) is 10.3. The lowest BCUT2D eigenvalue weighted by molar-refractivity contribution is -0.140. The zero-order valence-corrected chi connectivity index (χ0v) is 17.2. The van der Waals surface area contributed by atoms with Crippen LogP contribution in [0.15, 0.2) is 12.1 Å². The Kier molecular flexibility index (Phi) is 10.2. The molecule has 1 aromatic heterocycles. The molecule has 2 heterocycles. The molecule has 0 spiro atoms. The van der Waals surface area contributed by atoms with Crippen molar-refractivity contribution in [2.45, 2.75) is 51.1 Å². The summed E-state index contributed by atoms with van der Waals surface area (Å²) in [6.07, 6.45) is 5.16. The second-order valence-electron chi connectivity index (χ2n) is 7.33. The Bertz CT molecular complexity index is 600. The number of halogens is 1. The van der Waals surface area contributed by atoms with Gasteiger partial charge in [-0.25, -0.2) is 9.37 Å². The van der Waals surface area contributed by atoms with Crippen LogP contribution in [0, 0.1) is 0 Å². The fourth-order valence-corrected chi connectivity index (χ4v) is 3.51. The van der Waals surface area contributed by atoms with E-state index in [0.29, 0.717) is 25.9 Å². The quantitative estimate of drug-likeness (QED) is 0.409. The summed E-state index contributed by atoms with van der Waals surface area (Å²) >= 11 is 0. The smallest absolute Gasteiger partial charge is 0.305 e. The fourth-order valence-electron chi connectivity index (χ4n) is 3.51. The Hall–Kier alpha value is -1.73. The number of nitrogens with zero attached hydrogens (tertiary/aromatic N) is 2. The van der Waals surface area contributed by atoms with E-state index in [1.165, 1.54) is 26.2 Å². The number of esters is 1. The molecule has 6 nitrogen and oxygen atoms in total. The number of aryl methyl sites for hydroxylation is 2. The van der Waals surface area contributed by atoms with E-state index in [1.54, 1.807) is 0 Å². The molecule has 0 saturated carbocycles. The van der Waals surface area contributed by atoms with Gasteiger partial charge in [0.05, 0.1) is 13.7 Å². The van der Waals surface area contributed by atoms with Gasteiger partial charge in [-0.3, -0.25) is 4.79 Å². The average molecular weight is 396 g/mol. The Labute approximate surface area is 167 Å². The third-order valence-corrected chi connectivity index (χ3v) is 5.00. The molecule has 0 amide bonds. The van der Waals surface area contributed by atoms with Crippen LogP contribution in [0.25, 0.3) is 0 Å². The highest BCUT2D eigenvalue weighted by Crippen LogP contribution is 2.20. The average Bonchev–Trinajstić information content (AvgIpc) is 2.70. The number of aromatic nitrogens is 1. The number of alkyl halides is 1. The van der Waals surface area contributed by atoms with Crippen LogP contribution in [-0.4, -0.2) is 69.0 Å². The fraction of sp³-hybridized carbons (Fsp3) is 0.714. The normalized spacial score (nSPS) is 14.4. The summed E-state index contributed by atoms with van der Waals surface area (Å²) in [5.41, 5.74) is 2.41. The lowest BCUT2D eigenvalue weighted by Gasteiger charge is -2.24. The molecule has 0 bridgehead atoms. The van der Waals surface area contributed by atoms with E-state index in [1.807, 2.05) is 0 Å². The number of unbranched alkanes of at least 4 members (excludes halogenated alkanes) is 1. The summed E-state index contributed by atoms with van der Waals surface area (Å²) in [6.45, 7) is 2.90. The van der Waals surface area contributed by atoms with Crippen LogP contribution >= 0.6 is 0 Å². The van der Waals surface area contributed by atoms with Crippen molar-refractivity contribution in [2.75, 3.05) is 52.3 Å². The summed E-state index contributed by atoms with van der Waals surface area (Å²) in [4.78, 5) is 18.1. The maximum atomic E-state index is 14.0. The standard InChI is InChI=1S/C21H34FN3O3/c1-27-16-18(22)15-25(14-6-9-20(26)28-2)13-4-3-8-19-11-10-17-7-5-12-23-21(17)24-19/h10-11,18H,3-9,12-16H2,1-2H3,(H,23,24)/t18-/m0/s1. The second kappa shape index (κ2) is 12.7. The van der Waals surface area contributed by atoms with Crippen molar-refractivity contribution in [3.05, 3.63) is 23.4 Å². The van der Waals surface area contributed by atoms with E-state index >= 15 is 0 Å². The lowest BCUT2D eigenvalue weighted by atomic mass is 10.1. The van der Waals surface area contributed by atoms with Crippen molar-refractivity contribution in [1.29, 1.82) is 0 Å². The molecule has 0 aromatic carbocycles. The van der Waals surface area contributed by atoms with E-state index < -0.39 is 6.17 Å². The molecule has 0 saturated heterocycles. The molecule has 28 heavy (non-hydrogen) atoms. The minimum Gasteiger partial charge on any atom is -0.469 e. The van der Waals surface area contributed by atoms with Crippen molar-refractivity contribution >= 4 is 11.8 Å². The highest BCUT2D eigenvalue weighted by molar-refractivity contribution is 5.69. The van der Waals surface area contributed by atoms with Crippen LogP contribution in [0.4, 0.5) is 10.2 Å². The van der Waals surface area contributed by atoms with Gasteiger partial charge in [0, 0.05) is 32.3 Å². The molecule has 1 N–H and O–H groups in total. The maximum absolute atomic E-state index is 14.0. The van der Waals surface area contributed by atoms with Gasteiger partial charge in [-0.05, 0) is 63.2 Å². The van der Waals surface area contributed by atoms with Gasteiger partial charge in [-0.1, -0.05) is 6.07 Å². The Morgan fingerprint density at radius 1 is 1.29 bits per heavy atom. The summed E-state index contributed by atoms with van der Waals surface area (Å²) in [7, 11) is 2.90. The summed E-state index contributed by atoms with van der Waals surface area (Å²) in [5.74, 6) is 0.814. The van der Waals surface area contributed by atoms with Crippen molar-refractivity contribution in [1.82, 2.24) is 9.88 Å². The molecule has 2 rings (SSSR count). The number of hydrogen-bond acceptors (Lipinski definition) is 6. The first-order chi connectivity index (χ1) is 13.6. The molecule has 0 unspecified atom stereocenters. The molecular formula is C21H34FN3O3. The molecule has 1 aromatic rings. The first kappa shape index (κ1) is 22.6. The summed E-state index contributed by atoms with van der Waals surface area (Å²) in [6, 6.07) is 4.30. The van der Waals surface area contributed by atoms with Crippen LogP contribution in [-0.2, 0) is 27.1 Å². The number of methoxy groups -OCH3 is 2. The molecular weight excluding hydrogens is 361 g/mol. The molecule has 1 atom stereocenters. The van der Waals surface area contributed by atoms with Gasteiger partial charge in [-0.15, -0.1) is 0 Å². The number of hydrogen-bond donors (Lipinski definition) is 1. The van der Waals surface area contributed by atoms with Gasteiger partial charge < -0.3 is 19.7 Å². The summed E-state index contributed by atoms with van der Waals surface area (Å²) < 4.78 is 23.5. The number of carbonyl (C=O) groups excluding carboxylic acids is 1. The third-order valence-electron chi connectivity index (χ3n) is 5.00. The predicted molar refractivity (Wildman–Crippen MR) is 108 cm³/mol. The molecule has 1 aliphatic rings. The topological polar surface area (TPSA) is 63.7 Å². The van der Waals surface area contributed by atoms with Crippen LogP contribution in [0.1, 0.15) is 43.4 Å². The van der Waals surface area contributed by atoms with E-state index in [4.69, 9.17) is 9.72 Å². The Balaban J connectivity index is 1.75. The molecule has 7 heteroatoms. The minimum absolute atomic E-state index is 0.0968. The second-order valence-corrected chi connectivity index (χ2v) is 7.33. The Morgan fingerprint density at radius 2 is 2.11 bits per heavy atom. The van der Waals surface area contributed by atoms with E-state index in [2.05, 4.69) is 27.1 Å². The van der Waals surface area contributed by atoms with Gasteiger partial charge >= 0.3 is 5.97 Å². The number of fused-ring (bicyclic) bond motifs is 1. The van der Waals surface area contributed by atoms with Crippen molar-refractivity contribution < 1.29 is 18.7 Å². The van der Waals surface area contributed by atoms with Gasteiger partial charge in [0.25, 0.3) is 0 Å². The van der Waals surface area contributed by atoms with Crippen LogP contribution in [0.5, 0.6) is 0 Å². The van der Waals surface area contributed by atoms with Crippen LogP contribution in [0.3, 0.4) is 0 Å². The SMILES string of the molecule is COC[C@@H](F)CN(CCCCc1ccc2c(n1)NCCC2)CCCC(=O)OC. The largest absolute Gasteiger partial charge is 0.469 e.